The molecule has 30 heavy (non-hydrogen) atoms. The van der Waals surface area contributed by atoms with Crippen LogP contribution in [0, 0.1) is 0 Å². The van der Waals surface area contributed by atoms with Gasteiger partial charge in [-0.2, -0.15) is 0 Å². The van der Waals surface area contributed by atoms with E-state index in [2.05, 4.69) is 4.98 Å². The first kappa shape index (κ1) is 19.1. The molecular formula is C23H23N3O3S. The third kappa shape index (κ3) is 2.80. The predicted octanol–water partition coefficient (Wildman–Crippen LogP) is 3.19. The molecule has 2 atom stereocenters. The van der Waals surface area contributed by atoms with Crippen molar-refractivity contribution in [2.24, 2.45) is 0 Å². The van der Waals surface area contributed by atoms with Gasteiger partial charge in [-0.05, 0) is 60.7 Å². The van der Waals surface area contributed by atoms with Crippen LogP contribution in [0.5, 0.6) is 5.75 Å². The number of phenols is 1. The molecule has 1 N–H and O–H groups in total. The Kier molecular flexibility index (Phi) is 4.32. The van der Waals surface area contributed by atoms with Gasteiger partial charge in [0, 0.05) is 32.2 Å². The lowest BCUT2D eigenvalue weighted by Gasteiger charge is -2.51. The van der Waals surface area contributed by atoms with Gasteiger partial charge in [-0.1, -0.05) is 6.07 Å². The van der Waals surface area contributed by atoms with Gasteiger partial charge in [0.15, 0.2) is 0 Å². The van der Waals surface area contributed by atoms with E-state index in [1.165, 1.54) is 11.3 Å². The summed E-state index contributed by atoms with van der Waals surface area (Å²) in [5.74, 6) is 0.218. The minimum absolute atomic E-state index is 0.00318. The van der Waals surface area contributed by atoms with E-state index >= 15 is 0 Å². The maximum atomic E-state index is 13.4. The summed E-state index contributed by atoms with van der Waals surface area (Å²) in [4.78, 5) is 34.6. The molecule has 2 bridgehead atoms. The molecule has 0 radical (unpaired) electrons. The highest BCUT2D eigenvalue weighted by Crippen LogP contribution is 2.47. The largest absolute Gasteiger partial charge is 0.508 e. The normalized spacial score (nSPS) is 22.6. The smallest absolute Gasteiger partial charge is 0.254 e. The molecule has 5 rings (SSSR count). The highest BCUT2D eigenvalue weighted by Gasteiger charge is 2.52. The number of rotatable bonds is 2. The van der Waals surface area contributed by atoms with Gasteiger partial charge in [0.2, 0.25) is 5.91 Å². The zero-order valence-corrected chi connectivity index (χ0v) is 17.8. The fraction of sp³-hybridized carbons (Fsp3) is 0.348. The second kappa shape index (κ2) is 6.80. The van der Waals surface area contributed by atoms with E-state index in [0.717, 1.165) is 21.3 Å². The van der Waals surface area contributed by atoms with Crippen molar-refractivity contribution in [3.05, 3.63) is 58.6 Å². The molecule has 1 fully saturated rings. The molecule has 2 aliphatic rings. The van der Waals surface area contributed by atoms with Crippen LogP contribution in [0.1, 0.15) is 34.3 Å². The van der Waals surface area contributed by atoms with Gasteiger partial charge in [0.1, 0.15) is 5.75 Å². The standard InChI is InChI=1S/C23H23N3O3S/c1-25(2)22(29)23-7-8-26(16(12-23)9-14-3-5-17(27)11-18(14)23)21(28)15-4-6-19-20(10-15)30-13-24-19/h3-6,10-11,13,16,27H,7-9,12H2,1-2H3. The van der Waals surface area contributed by atoms with Crippen LogP contribution in [-0.2, 0) is 16.6 Å². The number of phenolic OH excluding ortho intramolecular Hbond substituents is 1. The summed E-state index contributed by atoms with van der Waals surface area (Å²) >= 11 is 1.53. The van der Waals surface area contributed by atoms with Crippen molar-refractivity contribution in [2.45, 2.75) is 30.7 Å². The maximum absolute atomic E-state index is 13.4. The summed E-state index contributed by atoms with van der Waals surface area (Å²) in [7, 11) is 3.54. The molecule has 3 aromatic rings. The molecule has 1 saturated heterocycles. The average Bonchev–Trinajstić information content (AvgIpc) is 3.21. The second-order valence-corrected chi connectivity index (χ2v) is 9.35. The molecule has 2 amide bonds. The highest BCUT2D eigenvalue weighted by molar-refractivity contribution is 7.16. The van der Waals surface area contributed by atoms with Crippen LogP contribution in [-0.4, -0.2) is 58.4 Å². The minimum Gasteiger partial charge on any atom is -0.508 e. The van der Waals surface area contributed by atoms with Gasteiger partial charge >= 0.3 is 0 Å². The van der Waals surface area contributed by atoms with Gasteiger partial charge in [-0.3, -0.25) is 9.59 Å². The zero-order chi connectivity index (χ0) is 21.0. The first-order valence-corrected chi connectivity index (χ1v) is 11.0. The monoisotopic (exact) mass is 421 g/mol. The molecule has 1 aromatic heterocycles. The summed E-state index contributed by atoms with van der Waals surface area (Å²) in [5, 5.41) is 10.1. The van der Waals surface area contributed by atoms with E-state index in [1.807, 2.05) is 29.2 Å². The van der Waals surface area contributed by atoms with Crippen LogP contribution in [0.25, 0.3) is 10.2 Å². The first-order chi connectivity index (χ1) is 14.4. The first-order valence-electron chi connectivity index (χ1n) is 10.1. The van der Waals surface area contributed by atoms with Crippen LogP contribution < -0.4 is 0 Å². The molecule has 154 valence electrons. The van der Waals surface area contributed by atoms with Crippen LogP contribution in [0.3, 0.4) is 0 Å². The summed E-state index contributed by atoms with van der Waals surface area (Å²) in [6, 6.07) is 10.9. The van der Waals surface area contributed by atoms with Crippen molar-refractivity contribution in [1.82, 2.24) is 14.8 Å². The van der Waals surface area contributed by atoms with Crippen molar-refractivity contribution in [3.63, 3.8) is 0 Å². The number of amides is 2. The summed E-state index contributed by atoms with van der Waals surface area (Å²) in [6.07, 6.45) is 1.81. The number of nitrogens with zero attached hydrogens (tertiary/aromatic N) is 3. The predicted molar refractivity (Wildman–Crippen MR) is 116 cm³/mol. The molecule has 7 heteroatoms. The molecule has 2 unspecified atom stereocenters. The van der Waals surface area contributed by atoms with E-state index < -0.39 is 5.41 Å². The Hall–Kier alpha value is -2.93. The molecule has 1 aliphatic heterocycles. The lowest BCUT2D eigenvalue weighted by molar-refractivity contribution is -0.138. The quantitative estimate of drug-likeness (QED) is 0.690. The van der Waals surface area contributed by atoms with E-state index in [1.54, 1.807) is 36.6 Å². The van der Waals surface area contributed by atoms with E-state index in [9.17, 15) is 14.7 Å². The van der Waals surface area contributed by atoms with Crippen LogP contribution in [0.2, 0.25) is 0 Å². The van der Waals surface area contributed by atoms with Crippen molar-refractivity contribution < 1.29 is 14.7 Å². The number of piperidine rings is 1. The van der Waals surface area contributed by atoms with Crippen molar-refractivity contribution >= 4 is 33.4 Å². The highest BCUT2D eigenvalue weighted by atomic mass is 32.1. The van der Waals surface area contributed by atoms with Crippen LogP contribution >= 0.6 is 11.3 Å². The van der Waals surface area contributed by atoms with Gasteiger partial charge in [0.05, 0.1) is 21.1 Å². The number of carbonyl (C=O) groups is 2. The second-order valence-electron chi connectivity index (χ2n) is 8.47. The number of aromatic nitrogens is 1. The number of likely N-dealkylation sites (tertiary alicyclic amines) is 1. The molecular weight excluding hydrogens is 398 g/mol. The van der Waals surface area contributed by atoms with Gasteiger partial charge < -0.3 is 14.9 Å². The Bertz CT molecular complexity index is 1170. The van der Waals surface area contributed by atoms with Crippen LogP contribution in [0.15, 0.2) is 41.9 Å². The number of carbonyl (C=O) groups excluding carboxylic acids is 2. The number of hydrogen-bond donors (Lipinski definition) is 1. The van der Waals surface area contributed by atoms with Gasteiger partial charge in [0.25, 0.3) is 5.91 Å². The van der Waals surface area contributed by atoms with E-state index in [4.69, 9.17) is 0 Å². The van der Waals surface area contributed by atoms with E-state index in [-0.39, 0.29) is 23.6 Å². The number of hydrogen-bond acceptors (Lipinski definition) is 5. The van der Waals surface area contributed by atoms with Gasteiger partial charge in [-0.25, -0.2) is 4.98 Å². The Balaban J connectivity index is 1.53. The lowest BCUT2D eigenvalue weighted by Crippen LogP contribution is -2.59. The van der Waals surface area contributed by atoms with Crippen molar-refractivity contribution in [3.8, 4) is 5.75 Å². The van der Waals surface area contributed by atoms with Gasteiger partial charge in [-0.15, -0.1) is 11.3 Å². The summed E-state index contributed by atoms with van der Waals surface area (Å²) in [5.41, 5.74) is 4.60. The molecule has 0 saturated carbocycles. The minimum atomic E-state index is -0.696. The zero-order valence-electron chi connectivity index (χ0n) is 17.0. The number of benzene rings is 2. The maximum Gasteiger partial charge on any atom is 0.254 e. The third-order valence-corrected chi connectivity index (χ3v) is 7.32. The molecule has 2 heterocycles. The number of likely N-dealkylation sites (N-methyl/N-ethyl adjacent to an activating group) is 1. The number of aromatic hydroxyl groups is 1. The molecule has 2 aromatic carbocycles. The summed E-state index contributed by atoms with van der Waals surface area (Å²) < 4.78 is 0.999. The fourth-order valence-corrected chi connectivity index (χ4v) is 5.85. The Morgan fingerprint density at radius 3 is 2.87 bits per heavy atom. The Labute approximate surface area is 178 Å². The molecule has 6 nitrogen and oxygen atoms in total. The van der Waals surface area contributed by atoms with E-state index in [0.29, 0.717) is 31.4 Å². The molecule has 1 aliphatic carbocycles. The number of thiazole rings is 1. The van der Waals surface area contributed by atoms with Crippen molar-refractivity contribution in [2.75, 3.05) is 20.6 Å². The third-order valence-electron chi connectivity index (χ3n) is 6.52. The average molecular weight is 422 g/mol. The molecule has 0 spiro atoms. The Morgan fingerprint density at radius 2 is 2.07 bits per heavy atom. The van der Waals surface area contributed by atoms with Crippen molar-refractivity contribution in [1.29, 1.82) is 0 Å². The summed E-state index contributed by atoms with van der Waals surface area (Å²) in [6.45, 7) is 0.513. The fourth-order valence-electron chi connectivity index (χ4n) is 5.14. The number of fused-ring (bicyclic) bond motifs is 5. The lowest BCUT2D eigenvalue weighted by atomic mass is 9.63. The SMILES string of the molecule is CN(C)C(=O)C12CCN(C(=O)c3ccc4ncsc4c3)C(Cc3ccc(O)cc31)C2. The van der Waals surface area contributed by atoms with Crippen LogP contribution in [0.4, 0.5) is 0 Å². The topological polar surface area (TPSA) is 73.7 Å². The Morgan fingerprint density at radius 1 is 1.23 bits per heavy atom.